The van der Waals surface area contributed by atoms with Gasteiger partial charge in [0.15, 0.2) is 5.82 Å². The minimum absolute atomic E-state index is 0.132. The Morgan fingerprint density at radius 2 is 1.79 bits per heavy atom. The van der Waals surface area contributed by atoms with Gasteiger partial charge in [-0.3, -0.25) is 9.48 Å². The maximum Gasteiger partial charge on any atom is 0.246 e. The lowest BCUT2D eigenvalue weighted by molar-refractivity contribution is -0.116. The maximum absolute atomic E-state index is 12.5. The first-order valence-corrected chi connectivity index (χ1v) is 9.58. The number of benzene rings is 2. The van der Waals surface area contributed by atoms with Gasteiger partial charge in [-0.2, -0.15) is 5.10 Å². The number of hydrogen-bond donors (Lipinski definition) is 1. The zero-order valence-corrected chi connectivity index (χ0v) is 16.1. The van der Waals surface area contributed by atoms with Gasteiger partial charge in [0.25, 0.3) is 0 Å². The van der Waals surface area contributed by atoms with Crippen LogP contribution in [-0.4, -0.2) is 42.0 Å². The van der Waals surface area contributed by atoms with Gasteiger partial charge in [-0.05, 0) is 29.8 Å². The molecular weight excluding hydrogens is 376 g/mol. The molecule has 3 aromatic rings. The van der Waals surface area contributed by atoms with Crippen LogP contribution in [0.3, 0.4) is 0 Å². The Bertz CT molecular complexity index is 935. The molecule has 144 valence electrons. The largest absolute Gasteiger partial charge is 0.378 e. The summed E-state index contributed by atoms with van der Waals surface area (Å²) in [7, 11) is 0. The quantitative estimate of drug-likeness (QED) is 0.714. The fraction of sp³-hybridized carbons (Fsp3) is 0.238. The summed E-state index contributed by atoms with van der Waals surface area (Å²) in [6.45, 7) is 3.06. The van der Waals surface area contributed by atoms with Crippen molar-refractivity contribution >= 4 is 29.0 Å². The monoisotopic (exact) mass is 396 g/mol. The average molecular weight is 397 g/mol. The van der Waals surface area contributed by atoms with Crippen LogP contribution in [0.2, 0.25) is 5.02 Å². The van der Waals surface area contributed by atoms with E-state index in [4.69, 9.17) is 21.4 Å². The lowest BCUT2D eigenvalue weighted by atomic mass is 10.1. The molecule has 1 saturated heterocycles. The highest BCUT2D eigenvalue weighted by atomic mass is 35.5. The number of carbonyl (C=O) groups is 1. The van der Waals surface area contributed by atoms with E-state index in [9.17, 15) is 4.79 Å². The Morgan fingerprint density at radius 3 is 2.50 bits per heavy atom. The van der Waals surface area contributed by atoms with Gasteiger partial charge in [0.05, 0.1) is 13.2 Å². The zero-order chi connectivity index (χ0) is 19.3. The molecule has 1 fully saturated rings. The number of ether oxygens (including phenoxy) is 1. The summed E-state index contributed by atoms with van der Waals surface area (Å²) < 4.78 is 7.16. The van der Waals surface area contributed by atoms with Crippen molar-refractivity contribution in [1.29, 1.82) is 0 Å². The molecule has 1 N–H and O–H groups in total. The Balaban J connectivity index is 1.56. The van der Waals surface area contributed by atoms with E-state index in [2.05, 4.69) is 22.3 Å². The minimum Gasteiger partial charge on any atom is -0.378 e. The molecule has 28 heavy (non-hydrogen) atoms. The third kappa shape index (κ3) is 4.35. The van der Waals surface area contributed by atoms with Crippen LogP contribution in [-0.2, 0) is 16.1 Å². The van der Waals surface area contributed by atoms with Crippen LogP contribution in [0.4, 0.5) is 11.5 Å². The highest BCUT2D eigenvalue weighted by Crippen LogP contribution is 2.30. The summed E-state index contributed by atoms with van der Waals surface area (Å²) in [4.78, 5) is 14.7. The second kappa shape index (κ2) is 8.46. The second-order valence-electron chi connectivity index (χ2n) is 6.58. The normalized spacial score (nSPS) is 14.1. The van der Waals surface area contributed by atoms with Gasteiger partial charge in [0, 0.05) is 35.6 Å². The second-order valence-corrected chi connectivity index (χ2v) is 7.02. The van der Waals surface area contributed by atoms with Crippen molar-refractivity contribution in [2.24, 2.45) is 0 Å². The summed E-state index contributed by atoms with van der Waals surface area (Å²) in [6, 6.07) is 17.1. The van der Waals surface area contributed by atoms with Crippen LogP contribution >= 0.6 is 11.6 Å². The van der Waals surface area contributed by atoms with Gasteiger partial charge in [-0.25, -0.2) is 0 Å². The van der Waals surface area contributed by atoms with Gasteiger partial charge in [-0.1, -0.05) is 41.9 Å². The number of amides is 1. The Labute approximate surface area is 168 Å². The lowest BCUT2D eigenvalue weighted by Crippen LogP contribution is -2.36. The molecule has 2 aromatic carbocycles. The van der Waals surface area contributed by atoms with Crippen LogP contribution in [0.5, 0.6) is 0 Å². The van der Waals surface area contributed by atoms with E-state index >= 15 is 0 Å². The van der Waals surface area contributed by atoms with Crippen LogP contribution in [0.25, 0.3) is 11.1 Å². The Hall–Kier alpha value is -2.83. The van der Waals surface area contributed by atoms with Gasteiger partial charge in [-0.15, -0.1) is 0 Å². The van der Waals surface area contributed by atoms with Crippen molar-refractivity contribution in [1.82, 2.24) is 9.78 Å². The number of aromatic nitrogens is 2. The smallest absolute Gasteiger partial charge is 0.246 e. The third-order valence-corrected chi connectivity index (χ3v) is 4.82. The van der Waals surface area contributed by atoms with E-state index in [0.29, 0.717) is 23.9 Å². The van der Waals surface area contributed by atoms with E-state index < -0.39 is 0 Å². The van der Waals surface area contributed by atoms with Crippen molar-refractivity contribution in [3.63, 3.8) is 0 Å². The summed E-state index contributed by atoms with van der Waals surface area (Å²) in [6.07, 6.45) is 1.93. The first-order valence-electron chi connectivity index (χ1n) is 9.20. The molecule has 4 rings (SSSR count). The molecule has 1 aliphatic rings. The number of anilines is 2. The molecule has 0 unspecified atom stereocenters. The van der Waals surface area contributed by atoms with Crippen molar-refractivity contribution in [2.75, 3.05) is 36.5 Å². The molecule has 1 aliphatic heterocycles. The van der Waals surface area contributed by atoms with Crippen LogP contribution in [0.15, 0.2) is 60.8 Å². The number of carbonyl (C=O) groups excluding carboxylic acids is 1. The van der Waals surface area contributed by atoms with Crippen molar-refractivity contribution in [2.45, 2.75) is 6.54 Å². The molecule has 1 aromatic heterocycles. The highest BCUT2D eigenvalue weighted by molar-refractivity contribution is 6.30. The van der Waals surface area contributed by atoms with Gasteiger partial charge >= 0.3 is 0 Å². The summed E-state index contributed by atoms with van der Waals surface area (Å²) >= 11 is 5.89. The zero-order valence-electron chi connectivity index (χ0n) is 15.3. The van der Waals surface area contributed by atoms with Gasteiger partial charge in [0.1, 0.15) is 6.54 Å². The maximum atomic E-state index is 12.5. The summed E-state index contributed by atoms with van der Waals surface area (Å²) in [5.41, 5.74) is 2.80. The topological polar surface area (TPSA) is 59.4 Å². The lowest BCUT2D eigenvalue weighted by Gasteiger charge is -2.27. The van der Waals surface area contributed by atoms with E-state index in [1.54, 1.807) is 28.9 Å². The average Bonchev–Trinajstić information content (AvgIpc) is 3.15. The predicted octanol–water partition coefficient (Wildman–Crippen LogP) is 3.68. The molecule has 2 heterocycles. The van der Waals surface area contributed by atoms with Crippen molar-refractivity contribution < 1.29 is 9.53 Å². The molecular formula is C21H21ClN4O2. The van der Waals surface area contributed by atoms with Crippen molar-refractivity contribution in [3.05, 3.63) is 65.8 Å². The standard InChI is InChI=1S/C21H21ClN4O2/c22-17-6-8-18(9-7-17)23-20(27)15-26-14-19(16-4-2-1-3-5-16)21(24-26)25-10-12-28-13-11-25/h1-9,14H,10-13,15H2,(H,23,27). The molecule has 0 spiro atoms. The van der Waals surface area contributed by atoms with Gasteiger partial charge in [0.2, 0.25) is 5.91 Å². The number of nitrogens with zero attached hydrogens (tertiary/aromatic N) is 3. The number of rotatable bonds is 5. The van der Waals surface area contributed by atoms with Crippen LogP contribution in [0, 0.1) is 0 Å². The van der Waals surface area contributed by atoms with Crippen molar-refractivity contribution in [3.8, 4) is 11.1 Å². The number of halogens is 1. The SMILES string of the molecule is O=C(Cn1cc(-c2ccccc2)c(N2CCOCC2)n1)Nc1ccc(Cl)cc1. The van der Waals surface area contributed by atoms with E-state index in [1.807, 2.05) is 24.4 Å². The molecule has 1 amide bonds. The molecule has 0 atom stereocenters. The number of nitrogens with one attached hydrogen (secondary N) is 1. The minimum atomic E-state index is -0.141. The van der Waals surface area contributed by atoms with E-state index in [0.717, 1.165) is 30.0 Å². The first-order chi connectivity index (χ1) is 13.7. The van der Waals surface area contributed by atoms with E-state index in [1.165, 1.54) is 0 Å². The highest BCUT2D eigenvalue weighted by Gasteiger charge is 2.20. The van der Waals surface area contributed by atoms with Crippen LogP contribution in [0.1, 0.15) is 0 Å². The fourth-order valence-corrected chi connectivity index (χ4v) is 3.33. The third-order valence-electron chi connectivity index (χ3n) is 4.57. The molecule has 0 saturated carbocycles. The predicted molar refractivity (Wildman–Crippen MR) is 111 cm³/mol. The number of hydrogen-bond acceptors (Lipinski definition) is 4. The van der Waals surface area contributed by atoms with Gasteiger partial charge < -0.3 is 15.0 Å². The Kier molecular flexibility index (Phi) is 5.60. The fourth-order valence-electron chi connectivity index (χ4n) is 3.20. The summed E-state index contributed by atoms with van der Waals surface area (Å²) in [5.74, 6) is 0.742. The number of morpholine rings is 1. The molecule has 0 bridgehead atoms. The molecule has 6 nitrogen and oxygen atoms in total. The Morgan fingerprint density at radius 1 is 1.07 bits per heavy atom. The van der Waals surface area contributed by atoms with E-state index in [-0.39, 0.29) is 12.5 Å². The van der Waals surface area contributed by atoms with Crippen LogP contribution < -0.4 is 10.2 Å². The molecule has 0 aliphatic carbocycles. The summed E-state index contributed by atoms with van der Waals surface area (Å²) in [5, 5.41) is 8.22. The molecule has 7 heteroatoms. The molecule has 0 radical (unpaired) electrons. The first kappa shape index (κ1) is 18.5.